The van der Waals surface area contributed by atoms with Gasteiger partial charge in [0.1, 0.15) is 0 Å². The molecule has 0 aromatic heterocycles. The SMILES string of the molecule is CC1CN(C)CCN1C(=O)c1ccc(/C(N)=N/O)cc1. The number of carbonyl (C=O) groups is 1. The van der Waals surface area contributed by atoms with Gasteiger partial charge in [-0.05, 0) is 26.1 Å². The maximum absolute atomic E-state index is 12.5. The Morgan fingerprint density at radius 2 is 1.90 bits per heavy atom. The number of nitrogens with two attached hydrogens (primary N) is 1. The topological polar surface area (TPSA) is 82.2 Å². The van der Waals surface area contributed by atoms with Gasteiger partial charge in [0.15, 0.2) is 5.84 Å². The lowest BCUT2D eigenvalue weighted by molar-refractivity contribution is 0.0533. The Hall–Kier alpha value is -2.08. The molecule has 3 N–H and O–H groups in total. The zero-order valence-corrected chi connectivity index (χ0v) is 11.8. The summed E-state index contributed by atoms with van der Waals surface area (Å²) >= 11 is 0. The Labute approximate surface area is 118 Å². The van der Waals surface area contributed by atoms with Crippen molar-refractivity contribution < 1.29 is 10.0 Å². The first-order valence-corrected chi connectivity index (χ1v) is 6.60. The van der Waals surface area contributed by atoms with Crippen LogP contribution in [0.25, 0.3) is 0 Å². The molecule has 1 aliphatic rings. The summed E-state index contributed by atoms with van der Waals surface area (Å²) in [6.45, 7) is 4.56. The highest BCUT2D eigenvalue weighted by Gasteiger charge is 2.26. The van der Waals surface area contributed by atoms with E-state index >= 15 is 0 Å². The molecule has 1 fully saturated rings. The molecule has 1 heterocycles. The van der Waals surface area contributed by atoms with Crippen molar-refractivity contribution >= 4 is 11.7 Å². The Balaban J connectivity index is 2.13. The average molecular weight is 276 g/mol. The highest BCUT2D eigenvalue weighted by Crippen LogP contribution is 2.14. The lowest BCUT2D eigenvalue weighted by Gasteiger charge is -2.38. The minimum Gasteiger partial charge on any atom is -0.409 e. The summed E-state index contributed by atoms with van der Waals surface area (Å²) in [6, 6.07) is 6.98. The molecule has 1 aliphatic heterocycles. The lowest BCUT2D eigenvalue weighted by Crippen LogP contribution is -2.52. The number of likely N-dealkylation sites (N-methyl/N-ethyl adjacent to an activating group) is 1. The van der Waals surface area contributed by atoms with Gasteiger partial charge in [-0.2, -0.15) is 0 Å². The number of amidine groups is 1. The van der Waals surface area contributed by atoms with Crippen molar-refractivity contribution in [3.63, 3.8) is 0 Å². The molecule has 6 heteroatoms. The molecule has 1 amide bonds. The third-order valence-corrected chi connectivity index (χ3v) is 3.63. The first-order chi connectivity index (χ1) is 9.52. The van der Waals surface area contributed by atoms with Crippen LogP contribution >= 0.6 is 0 Å². The van der Waals surface area contributed by atoms with Gasteiger partial charge in [-0.3, -0.25) is 4.79 Å². The lowest BCUT2D eigenvalue weighted by atomic mass is 10.1. The van der Waals surface area contributed by atoms with Crippen LogP contribution in [0.4, 0.5) is 0 Å². The molecule has 1 unspecified atom stereocenters. The van der Waals surface area contributed by atoms with Gasteiger partial charge in [0.05, 0.1) is 0 Å². The molecule has 0 radical (unpaired) electrons. The number of amides is 1. The molecular formula is C14H20N4O2. The first-order valence-electron chi connectivity index (χ1n) is 6.60. The van der Waals surface area contributed by atoms with Gasteiger partial charge in [-0.1, -0.05) is 17.3 Å². The first kappa shape index (κ1) is 14.3. The van der Waals surface area contributed by atoms with Gasteiger partial charge in [0.2, 0.25) is 0 Å². The molecule has 0 spiro atoms. The Kier molecular flexibility index (Phi) is 4.24. The zero-order valence-electron chi connectivity index (χ0n) is 11.8. The summed E-state index contributed by atoms with van der Waals surface area (Å²) in [5.74, 6) is 0.0635. The predicted molar refractivity (Wildman–Crippen MR) is 76.9 cm³/mol. The average Bonchev–Trinajstić information content (AvgIpc) is 2.46. The predicted octanol–water partition coefficient (Wildman–Crippen LogP) is 0.557. The largest absolute Gasteiger partial charge is 0.409 e. The van der Waals surface area contributed by atoms with Crippen LogP contribution in [-0.2, 0) is 0 Å². The van der Waals surface area contributed by atoms with E-state index in [4.69, 9.17) is 10.9 Å². The van der Waals surface area contributed by atoms with Gasteiger partial charge in [0, 0.05) is 36.8 Å². The summed E-state index contributed by atoms with van der Waals surface area (Å²) in [6.07, 6.45) is 0. The fraction of sp³-hybridized carbons (Fsp3) is 0.429. The molecular weight excluding hydrogens is 256 g/mol. The highest BCUT2D eigenvalue weighted by molar-refractivity contribution is 5.99. The Morgan fingerprint density at radius 1 is 1.30 bits per heavy atom. The summed E-state index contributed by atoms with van der Waals surface area (Å²) < 4.78 is 0. The molecule has 1 aromatic rings. The number of benzene rings is 1. The van der Waals surface area contributed by atoms with Gasteiger partial charge in [-0.15, -0.1) is 0 Å². The van der Waals surface area contributed by atoms with Crippen LogP contribution in [0.15, 0.2) is 29.4 Å². The van der Waals surface area contributed by atoms with Crippen LogP contribution in [0, 0.1) is 0 Å². The maximum atomic E-state index is 12.5. The number of hydrogen-bond acceptors (Lipinski definition) is 4. The van der Waals surface area contributed by atoms with E-state index < -0.39 is 0 Å². The van der Waals surface area contributed by atoms with E-state index in [1.807, 2.05) is 4.90 Å². The minimum atomic E-state index is 0.0247. The van der Waals surface area contributed by atoms with Crippen molar-refractivity contribution in [2.24, 2.45) is 10.9 Å². The van der Waals surface area contributed by atoms with Crippen LogP contribution in [0.3, 0.4) is 0 Å². The summed E-state index contributed by atoms with van der Waals surface area (Å²) in [4.78, 5) is 16.6. The van der Waals surface area contributed by atoms with E-state index in [-0.39, 0.29) is 17.8 Å². The Morgan fingerprint density at radius 3 is 2.45 bits per heavy atom. The van der Waals surface area contributed by atoms with E-state index in [0.29, 0.717) is 11.1 Å². The van der Waals surface area contributed by atoms with Gasteiger partial charge in [0.25, 0.3) is 5.91 Å². The van der Waals surface area contributed by atoms with Crippen molar-refractivity contribution in [2.75, 3.05) is 26.7 Å². The molecule has 0 aliphatic carbocycles. The quantitative estimate of drug-likeness (QED) is 0.358. The summed E-state index contributed by atoms with van der Waals surface area (Å²) in [5, 5.41) is 11.6. The number of nitrogens with zero attached hydrogens (tertiary/aromatic N) is 3. The van der Waals surface area contributed by atoms with Crippen LogP contribution in [0.5, 0.6) is 0 Å². The van der Waals surface area contributed by atoms with Crippen molar-refractivity contribution in [3.05, 3.63) is 35.4 Å². The number of hydrogen-bond donors (Lipinski definition) is 2. The fourth-order valence-electron chi connectivity index (χ4n) is 2.45. The molecule has 0 saturated carbocycles. The number of piperazine rings is 1. The smallest absolute Gasteiger partial charge is 0.254 e. The van der Waals surface area contributed by atoms with Gasteiger partial charge < -0.3 is 20.7 Å². The van der Waals surface area contributed by atoms with Crippen molar-refractivity contribution in [2.45, 2.75) is 13.0 Å². The van der Waals surface area contributed by atoms with Crippen LogP contribution in [-0.4, -0.2) is 59.5 Å². The fourth-order valence-corrected chi connectivity index (χ4v) is 2.45. The standard InChI is InChI=1S/C14H20N4O2/c1-10-9-17(2)7-8-18(10)14(19)12-5-3-11(4-6-12)13(15)16-20/h3-6,10,20H,7-9H2,1-2H3,(H2,15,16). The van der Waals surface area contributed by atoms with Crippen LogP contribution < -0.4 is 5.73 Å². The van der Waals surface area contributed by atoms with Crippen LogP contribution in [0.2, 0.25) is 0 Å². The number of oxime groups is 1. The van der Waals surface area contributed by atoms with E-state index in [9.17, 15) is 4.79 Å². The third kappa shape index (κ3) is 2.91. The van der Waals surface area contributed by atoms with Crippen molar-refractivity contribution in [3.8, 4) is 0 Å². The third-order valence-electron chi connectivity index (χ3n) is 3.63. The molecule has 0 bridgehead atoms. The van der Waals surface area contributed by atoms with E-state index in [0.717, 1.165) is 19.6 Å². The van der Waals surface area contributed by atoms with Crippen molar-refractivity contribution in [1.29, 1.82) is 0 Å². The second-order valence-electron chi connectivity index (χ2n) is 5.17. The summed E-state index contributed by atoms with van der Waals surface area (Å²) in [5.41, 5.74) is 6.71. The van der Waals surface area contributed by atoms with Gasteiger partial charge >= 0.3 is 0 Å². The molecule has 1 aromatic carbocycles. The second kappa shape index (κ2) is 5.92. The van der Waals surface area contributed by atoms with Gasteiger partial charge in [-0.25, -0.2) is 0 Å². The molecule has 1 saturated heterocycles. The van der Waals surface area contributed by atoms with E-state index in [2.05, 4.69) is 24.0 Å². The van der Waals surface area contributed by atoms with E-state index in [1.54, 1.807) is 24.3 Å². The maximum Gasteiger partial charge on any atom is 0.254 e. The molecule has 108 valence electrons. The van der Waals surface area contributed by atoms with E-state index in [1.165, 1.54) is 0 Å². The van der Waals surface area contributed by atoms with Crippen molar-refractivity contribution in [1.82, 2.24) is 9.80 Å². The monoisotopic (exact) mass is 276 g/mol. The zero-order chi connectivity index (χ0) is 14.7. The Bertz CT molecular complexity index is 512. The normalized spacial score (nSPS) is 21.0. The highest BCUT2D eigenvalue weighted by atomic mass is 16.4. The number of carbonyl (C=O) groups excluding carboxylic acids is 1. The second-order valence-corrected chi connectivity index (χ2v) is 5.17. The molecule has 6 nitrogen and oxygen atoms in total. The number of rotatable bonds is 2. The van der Waals surface area contributed by atoms with Crippen LogP contribution in [0.1, 0.15) is 22.8 Å². The molecule has 20 heavy (non-hydrogen) atoms. The minimum absolute atomic E-state index is 0.0247. The summed E-state index contributed by atoms with van der Waals surface area (Å²) in [7, 11) is 2.06. The molecule has 2 rings (SSSR count). The molecule has 1 atom stereocenters.